The Balaban J connectivity index is 1.89. The number of nitrogens with one attached hydrogen (secondary N) is 1. The summed E-state index contributed by atoms with van der Waals surface area (Å²) in [5, 5.41) is 12.5. The quantitative estimate of drug-likeness (QED) is 0.460. The molecule has 4 N–H and O–H groups in total. The van der Waals surface area contributed by atoms with Crippen molar-refractivity contribution in [2.75, 3.05) is 39.5 Å². The van der Waals surface area contributed by atoms with Crippen molar-refractivity contribution < 1.29 is 14.6 Å². The van der Waals surface area contributed by atoms with Crippen molar-refractivity contribution in [3.05, 3.63) is 0 Å². The van der Waals surface area contributed by atoms with E-state index in [-0.39, 0.29) is 6.10 Å². The van der Waals surface area contributed by atoms with Crippen molar-refractivity contribution in [3.63, 3.8) is 0 Å². The minimum Gasteiger partial charge on any atom is -0.389 e. The number of aliphatic hydroxyl groups excluding tert-OH is 1. The molecule has 2 atom stereocenters. The number of hydrogen-bond acceptors (Lipinski definition) is 5. The molecule has 0 spiro atoms. The maximum absolute atomic E-state index is 9.48. The first-order valence-electron chi connectivity index (χ1n) is 5.61. The van der Waals surface area contributed by atoms with Gasteiger partial charge in [-0.2, -0.15) is 0 Å². The fraction of sp³-hybridized carbons (Fsp3) is 1.00. The molecule has 90 valence electrons. The van der Waals surface area contributed by atoms with E-state index in [2.05, 4.69) is 5.32 Å². The summed E-state index contributed by atoms with van der Waals surface area (Å²) in [5.74, 6) is 0. The third-order valence-electron chi connectivity index (χ3n) is 2.34. The summed E-state index contributed by atoms with van der Waals surface area (Å²) in [6, 6.07) is 0. The molecule has 1 aliphatic rings. The van der Waals surface area contributed by atoms with Gasteiger partial charge in [0.15, 0.2) is 0 Å². The summed E-state index contributed by atoms with van der Waals surface area (Å²) >= 11 is 0. The zero-order valence-corrected chi connectivity index (χ0v) is 9.15. The Bertz CT molecular complexity index is 152. The van der Waals surface area contributed by atoms with E-state index in [1.165, 1.54) is 0 Å². The Kier molecular flexibility index (Phi) is 6.87. The zero-order valence-electron chi connectivity index (χ0n) is 9.15. The molecule has 0 bridgehead atoms. The van der Waals surface area contributed by atoms with Crippen LogP contribution in [0.15, 0.2) is 0 Å². The predicted octanol–water partition coefficient (Wildman–Crippen LogP) is -0.909. The third-order valence-corrected chi connectivity index (χ3v) is 2.34. The van der Waals surface area contributed by atoms with Crippen molar-refractivity contribution >= 4 is 0 Å². The monoisotopic (exact) mass is 218 g/mol. The second-order valence-corrected chi connectivity index (χ2v) is 3.82. The molecule has 0 amide bonds. The van der Waals surface area contributed by atoms with Gasteiger partial charge in [0, 0.05) is 26.2 Å². The van der Waals surface area contributed by atoms with Crippen molar-refractivity contribution in [2.45, 2.75) is 25.0 Å². The van der Waals surface area contributed by atoms with Crippen LogP contribution in [0, 0.1) is 0 Å². The number of ether oxygens (including phenoxy) is 2. The lowest BCUT2D eigenvalue weighted by Gasteiger charge is -2.14. The lowest BCUT2D eigenvalue weighted by molar-refractivity contribution is -0.0163. The molecule has 5 heteroatoms. The Morgan fingerprint density at radius 2 is 2.47 bits per heavy atom. The Labute approximate surface area is 90.9 Å². The molecule has 1 heterocycles. The Hall–Kier alpha value is -0.200. The Morgan fingerprint density at radius 1 is 1.60 bits per heavy atom. The second kappa shape index (κ2) is 8.01. The molecule has 0 aromatic heterocycles. The van der Waals surface area contributed by atoms with E-state index in [0.29, 0.717) is 26.3 Å². The first-order valence-corrected chi connectivity index (χ1v) is 5.61. The molecular weight excluding hydrogens is 196 g/mol. The number of nitrogens with two attached hydrogens (primary N) is 1. The number of rotatable bonds is 8. The van der Waals surface area contributed by atoms with Crippen molar-refractivity contribution in [2.24, 2.45) is 5.73 Å². The van der Waals surface area contributed by atoms with E-state index in [4.69, 9.17) is 15.2 Å². The molecule has 5 nitrogen and oxygen atoms in total. The predicted molar refractivity (Wildman–Crippen MR) is 57.7 cm³/mol. The molecule has 0 aromatic rings. The van der Waals surface area contributed by atoms with Gasteiger partial charge in [-0.05, 0) is 12.8 Å². The minimum absolute atomic E-state index is 0.231. The average Bonchev–Trinajstić information content (AvgIpc) is 2.71. The first-order chi connectivity index (χ1) is 7.33. The number of aliphatic hydroxyl groups is 1. The highest BCUT2D eigenvalue weighted by molar-refractivity contribution is 4.64. The second-order valence-electron chi connectivity index (χ2n) is 3.82. The highest BCUT2D eigenvalue weighted by atomic mass is 16.5. The molecule has 15 heavy (non-hydrogen) atoms. The maximum Gasteiger partial charge on any atom is 0.0897 e. The summed E-state index contributed by atoms with van der Waals surface area (Å²) < 4.78 is 10.8. The van der Waals surface area contributed by atoms with Gasteiger partial charge >= 0.3 is 0 Å². The largest absolute Gasteiger partial charge is 0.389 e. The van der Waals surface area contributed by atoms with Gasteiger partial charge in [0.25, 0.3) is 0 Å². The van der Waals surface area contributed by atoms with Gasteiger partial charge in [0.05, 0.1) is 25.4 Å². The molecular formula is C10H22N2O3. The molecule has 2 unspecified atom stereocenters. The van der Waals surface area contributed by atoms with E-state index in [1.807, 2.05) is 0 Å². The van der Waals surface area contributed by atoms with E-state index in [1.54, 1.807) is 0 Å². The molecule has 0 aliphatic carbocycles. The minimum atomic E-state index is -0.460. The van der Waals surface area contributed by atoms with Crippen LogP contribution >= 0.6 is 0 Å². The van der Waals surface area contributed by atoms with Crippen molar-refractivity contribution in [3.8, 4) is 0 Å². The van der Waals surface area contributed by atoms with Gasteiger partial charge in [-0.3, -0.25) is 0 Å². The molecule has 1 rings (SSSR count). The third kappa shape index (κ3) is 6.06. The van der Waals surface area contributed by atoms with Crippen LogP contribution in [0.25, 0.3) is 0 Å². The average molecular weight is 218 g/mol. The van der Waals surface area contributed by atoms with Crippen LogP contribution in [0.4, 0.5) is 0 Å². The van der Waals surface area contributed by atoms with Crippen LogP contribution < -0.4 is 11.1 Å². The smallest absolute Gasteiger partial charge is 0.0897 e. The van der Waals surface area contributed by atoms with E-state index < -0.39 is 6.10 Å². The molecule has 1 fully saturated rings. The van der Waals surface area contributed by atoms with Crippen molar-refractivity contribution in [1.29, 1.82) is 0 Å². The van der Waals surface area contributed by atoms with Gasteiger partial charge in [0.2, 0.25) is 0 Å². The lowest BCUT2D eigenvalue weighted by Crippen LogP contribution is -2.34. The van der Waals surface area contributed by atoms with Crippen LogP contribution in [-0.4, -0.2) is 56.8 Å². The summed E-state index contributed by atoms with van der Waals surface area (Å²) in [5.41, 5.74) is 5.31. The van der Waals surface area contributed by atoms with Crippen LogP contribution in [0.2, 0.25) is 0 Å². The topological polar surface area (TPSA) is 76.7 Å². The fourth-order valence-corrected chi connectivity index (χ4v) is 1.54. The molecule has 1 saturated heterocycles. The molecule has 1 aliphatic heterocycles. The van der Waals surface area contributed by atoms with Crippen LogP contribution in [0.5, 0.6) is 0 Å². The molecule has 0 radical (unpaired) electrons. The summed E-state index contributed by atoms with van der Waals surface area (Å²) in [6.45, 7) is 3.63. The summed E-state index contributed by atoms with van der Waals surface area (Å²) in [4.78, 5) is 0. The van der Waals surface area contributed by atoms with Gasteiger partial charge in [-0.25, -0.2) is 0 Å². The van der Waals surface area contributed by atoms with Crippen LogP contribution in [-0.2, 0) is 9.47 Å². The zero-order chi connectivity index (χ0) is 10.9. The van der Waals surface area contributed by atoms with Gasteiger partial charge < -0.3 is 25.6 Å². The van der Waals surface area contributed by atoms with E-state index >= 15 is 0 Å². The normalized spacial score (nSPS) is 23.2. The van der Waals surface area contributed by atoms with Gasteiger partial charge in [-0.1, -0.05) is 0 Å². The highest BCUT2D eigenvalue weighted by Gasteiger charge is 2.15. The number of hydrogen-bond donors (Lipinski definition) is 3. The SMILES string of the molecule is NCCNCC(O)COCC1CCCO1. The van der Waals surface area contributed by atoms with Crippen LogP contribution in [0.1, 0.15) is 12.8 Å². The standard InChI is InChI=1S/C10H22N2O3/c11-3-4-12-6-9(13)7-14-8-10-2-1-5-15-10/h9-10,12-13H,1-8,11H2. The summed E-state index contributed by atoms with van der Waals surface area (Å²) in [6.07, 6.45) is 1.96. The van der Waals surface area contributed by atoms with E-state index in [9.17, 15) is 5.11 Å². The lowest BCUT2D eigenvalue weighted by atomic mass is 10.2. The Morgan fingerprint density at radius 3 is 3.13 bits per heavy atom. The first kappa shape index (κ1) is 12.9. The highest BCUT2D eigenvalue weighted by Crippen LogP contribution is 2.11. The van der Waals surface area contributed by atoms with Gasteiger partial charge in [-0.15, -0.1) is 0 Å². The summed E-state index contributed by atoms with van der Waals surface area (Å²) in [7, 11) is 0. The fourth-order valence-electron chi connectivity index (χ4n) is 1.54. The maximum atomic E-state index is 9.48. The van der Waals surface area contributed by atoms with E-state index in [0.717, 1.165) is 26.0 Å². The molecule has 0 aromatic carbocycles. The van der Waals surface area contributed by atoms with Crippen LogP contribution in [0.3, 0.4) is 0 Å². The van der Waals surface area contributed by atoms with Gasteiger partial charge in [0.1, 0.15) is 0 Å². The molecule has 0 saturated carbocycles. The van der Waals surface area contributed by atoms with Crippen molar-refractivity contribution in [1.82, 2.24) is 5.32 Å².